The van der Waals surface area contributed by atoms with Gasteiger partial charge in [-0.1, -0.05) is 54.3 Å². The highest BCUT2D eigenvalue weighted by Gasteiger charge is 2.37. The molecule has 0 spiro atoms. The molecule has 0 aromatic heterocycles. The van der Waals surface area contributed by atoms with Gasteiger partial charge in [0.1, 0.15) is 4.32 Å². The SMILES string of the molecule is CC1(C)SC(=S)N[C@H]1Cc1ccccc1. The van der Waals surface area contributed by atoms with E-state index >= 15 is 0 Å². The summed E-state index contributed by atoms with van der Waals surface area (Å²) >= 11 is 6.98. The summed E-state index contributed by atoms with van der Waals surface area (Å²) in [6.45, 7) is 4.50. The Kier molecular flexibility index (Phi) is 3.03. The van der Waals surface area contributed by atoms with Crippen LogP contribution in [0.15, 0.2) is 30.3 Å². The third-order valence-corrected chi connectivity index (χ3v) is 4.25. The average Bonchev–Trinajstić information content (AvgIpc) is 2.41. The second-order valence-corrected chi connectivity index (χ2v) is 6.71. The first-order chi connectivity index (χ1) is 7.08. The lowest BCUT2D eigenvalue weighted by molar-refractivity contribution is 0.510. The lowest BCUT2D eigenvalue weighted by Crippen LogP contribution is -2.38. The van der Waals surface area contributed by atoms with Crippen LogP contribution in [-0.2, 0) is 6.42 Å². The van der Waals surface area contributed by atoms with Crippen molar-refractivity contribution in [1.29, 1.82) is 0 Å². The molecule has 1 aliphatic heterocycles. The van der Waals surface area contributed by atoms with Crippen molar-refractivity contribution in [3.63, 3.8) is 0 Å². The van der Waals surface area contributed by atoms with E-state index in [1.165, 1.54) is 5.56 Å². The lowest BCUT2D eigenvalue weighted by atomic mass is 9.96. The maximum absolute atomic E-state index is 5.21. The van der Waals surface area contributed by atoms with Crippen LogP contribution in [0.4, 0.5) is 0 Å². The van der Waals surface area contributed by atoms with Crippen LogP contribution in [0.3, 0.4) is 0 Å². The fourth-order valence-corrected chi connectivity index (χ4v) is 3.55. The normalized spacial score (nSPS) is 23.9. The minimum absolute atomic E-state index is 0.201. The summed E-state index contributed by atoms with van der Waals surface area (Å²) in [5, 5.41) is 3.39. The molecule has 1 atom stereocenters. The van der Waals surface area contributed by atoms with Gasteiger partial charge in [0, 0.05) is 10.8 Å². The van der Waals surface area contributed by atoms with Gasteiger partial charge >= 0.3 is 0 Å². The van der Waals surface area contributed by atoms with Crippen molar-refractivity contribution in [2.24, 2.45) is 0 Å². The largest absolute Gasteiger partial charge is 0.367 e. The van der Waals surface area contributed by atoms with Crippen molar-refractivity contribution in [3.05, 3.63) is 35.9 Å². The Morgan fingerprint density at radius 1 is 1.33 bits per heavy atom. The second-order valence-electron chi connectivity index (χ2n) is 4.38. The topological polar surface area (TPSA) is 12.0 Å². The van der Waals surface area contributed by atoms with Crippen molar-refractivity contribution in [2.75, 3.05) is 0 Å². The molecule has 0 amide bonds. The third kappa shape index (κ3) is 2.52. The molecule has 1 aromatic rings. The van der Waals surface area contributed by atoms with Crippen LogP contribution in [0, 0.1) is 0 Å². The van der Waals surface area contributed by atoms with Gasteiger partial charge in [0.05, 0.1) is 0 Å². The highest BCUT2D eigenvalue weighted by Crippen LogP contribution is 2.36. The summed E-state index contributed by atoms with van der Waals surface area (Å²) in [5.41, 5.74) is 1.37. The predicted octanol–water partition coefficient (Wildman–Crippen LogP) is 3.00. The number of rotatable bonds is 2. The Morgan fingerprint density at radius 3 is 2.53 bits per heavy atom. The first-order valence-electron chi connectivity index (χ1n) is 5.11. The Bertz CT molecular complexity index is 359. The van der Waals surface area contributed by atoms with E-state index in [0.717, 1.165) is 10.7 Å². The molecule has 1 nitrogen and oxygen atoms in total. The highest BCUT2D eigenvalue weighted by atomic mass is 32.2. The van der Waals surface area contributed by atoms with Gasteiger partial charge in [-0.05, 0) is 25.8 Å². The first-order valence-corrected chi connectivity index (χ1v) is 6.34. The zero-order valence-electron chi connectivity index (χ0n) is 8.99. The molecule has 3 heteroatoms. The number of nitrogens with one attached hydrogen (secondary N) is 1. The molecule has 0 unspecified atom stereocenters. The monoisotopic (exact) mass is 237 g/mol. The van der Waals surface area contributed by atoms with Crippen LogP contribution in [0.2, 0.25) is 0 Å². The fraction of sp³-hybridized carbons (Fsp3) is 0.417. The molecule has 1 saturated heterocycles. The van der Waals surface area contributed by atoms with E-state index in [1.807, 2.05) is 0 Å². The molecular formula is C12H15NS2. The summed E-state index contributed by atoms with van der Waals surface area (Å²) in [6, 6.07) is 11.0. The molecule has 0 radical (unpaired) electrons. The van der Waals surface area contributed by atoms with Crippen LogP contribution in [0.1, 0.15) is 19.4 Å². The zero-order valence-corrected chi connectivity index (χ0v) is 10.6. The van der Waals surface area contributed by atoms with E-state index in [1.54, 1.807) is 11.8 Å². The average molecular weight is 237 g/mol. The quantitative estimate of drug-likeness (QED) is 0.794. The van der Waals surface area contributed by atoms with Gasteiger partial charge in [-0.25, -0.2) is 0 Å². The second kappa shape index (κ2) is 4.14. The van der Waals surface area contributed by atoms with E-state index in [9.17, 15) is 0 Å². The van der Waals surface area contributed by atoms with Gasteiger partial charge < -0.3 is 5.32 Å². The molecule has 80 valence electrons. The number of thioether (sulfide) groups is 1. The van der Waals surface area contributed by atoms with Crippen LogP contribution in [-0.4, -0.2) is 15.1 Å². The number of thiocarbonyl (C=S) groups is 1. The molecule has 0 bridgehead atoms. The van der Waals surface area contributed by atoms with E-state index in [4.69, 9.17) is 12.2 Å². The van der Waals surface area contributed by atoms with Gasteiger partial charge in [-0.2, -0.15) is 0 Å². The highest BCUT2D eigenvalue weighted by molar-refractivity contribution is 8.24. The maximum Gasteiger partial charge on any atom is 0.134 e. The van der Waals surface area contributed by atoms with E-state index in [-0.39, 0.29) is 4.75 Å². The minimum atomic E-state index is 0.201. The summed E-state index contributed by atoms with van der Waals surface area (Å²) < 4.78 is 1.13. The summed E-state index contributed by atoms with van der Waals surface area (Å²) in [4.78, 5) is 0. The van der Waals surface area contributed by atoms with Gasteiger partial charge in [0.2, 0.25) is 0 Å². The van der Waals surface area contributed by atoms with Gasteiger partial charge in [-0.15, -0.1) is 0 Å². The van der Waals surface area contributed by atoms with Crippen molar-refractivity contribution < 1.29 is 0 Å². The Balaban J connectivity index is 2.10. The molecule has 1 heterocycles. The van der Waals surface area contributed by atoms with Crippen LogP contribution >= 0.6 is 24.0 Å². The molecule has 0 aliphatic carbocycles. The molecule has 0 saturated carbocycles. The Morgan fingerprint density at radius 2 is 2.00 bits per heavy atom. The van der Waals surface area contributed by atoms with Crippen molar-refractivity contribution in [2.45, 2.75) is 31.1 Å². The van der Waals surface area contributed by atoms with Gasteiger partial charge in [0.25, 0.3) is 0 Å². The minimum Gasteiger partial charge on any atom is -0.367 e. The van der Waals surface area contributed by atoms with Crippen LogP contribution < -0.4 is 5.32 Å². The Hall–Kier alpha value is -0.540. The fourth-order valence-electron chi connectivity index (χ4n) is 1.80. The first kappa shape index (κ1) is 11.0. The van der Waals surface area contributed by atoms with Crippen molar-refractivity contribution in [3.8, 4) is 0 Å². The molecule has 1 fully saturated rings. The van der Waals surface area contributed by atoms with E-state index < -0.39 is 0 Å². The van der Waals surface area contributed by atoms with Crippen LogP contribution in [0.5, 0.6) is 0 Å². The van der Waals surface area contributed by atoms with Crippen molar-refractivity contribution in [1.82, 2.24) is 5.32 Å². The summed E-state index contributed by atoms with van der Waals surface area (Å²) in [7, 11) is 0. The van der Waals surface area contributed by atoms with Gasteiger partial charge in [-0.3, -0.25) is 0 Å². The van der Waals surface area contributed by atoms with Gasteiger partial charge in [0.15, 0.2) is 0 Å². The molecule has 1 N–H and O–H groups in total. The number of hydrogen-bond acceptors (Lipinski definition) is 2. The van der Waals surface area contributed by atoms with Crippen molar-refractivity contribution >= 4 is 28.3 Å². The molecule has 1 aromatic carbocycles. The number of benzene rings is 1. The molecule has 1 aliphatic rings. The molecule has 15 heavy (non-hydrogen) atoms. The Labute approximate surface area is 101 Å². The smallest absolute Gasteiger partial charge is 0.134 e. The number of hydrogen-bond donors (Lipinski definition) is 1. The standard InChI is InChI=1S/C12H15NS2/c1-12(2)10(13-11(14)15-12)8-9-6-4-3-5-7-9/h3-7,10H,8H2,1-2H3,(H,13,14)/t10-/m0/s1. The van der Waals surface area contributed by atoms with E-state index in [2.05, 4.69) is 49.5 Å². The summed E-state index contributed by atoms with van der Waals surface area (Å²) in [5.74, 6) is 0. The lowest BCUT2D eigenvalue weighted by Gasteiger charge is -2.24. The molecular weight excluding hydrogens is 222 g/mol. The molecule has 2 rings (SSSR count). The van der Waals surface area contributed by atoms with Crippen LogP contribution in [0.25, 0.3) is 0 Å². The maximum atomic E-state index is 5.21. The summed E-state index contributed by atoms with van der Waals surface area (Å²) in [6.07, 6.45) is 1.04. The zero-order chi connectivity index (χ0) is 10.9. The van der Waals surface area contributed by atoms with E-state index in [0.29, 0.717) is 6.04 Å². The third-order valence-electron chi connectivity index (χ3n) is 2.77. The predicted molar refractivity (Wildman–Crippen MR) is 71.3 cm³/mol.